The first-order valence-electron chi connectivity index (χ1n) is 8.21. The van der Waals surface area contributed by atoms with E-state index in [1.807, 2.05) is 49.3 Å². The number of carbonyl (C=O) groups is 1. The quantitative estimate of drug-likeness (QED) is 0.685. The Balaban J connectivity index is 2.08. The van der Waals surface area contributed by atoms with E-state index in [9.17, 15) is 10.1 Å². The first-order chi connectivity index (χ1) is 11.0. The van der Waals surface area contributed by atoms with Crippen LogP contribution in [0.15, 0.2) is 29.8 Å². The van der Waals surface area contributed by atoms with E-state index in [1.54, 1.807) is 6.08 Å². The van der Waals surface area contributed by atoms with Gasteiger partial charge in [-0.3, -0.25) is 4.79 Å². The van der Waals surface area contributed by atoms with Crippen LogP contribution in [-0.4, -0.2) is 26.0 Å². The second-order valence-electron chi connectivity index (χ2n) is 6.50. The normalized spacial score (nSPS) is 21.4. The van der Waals surface area contributed by atoms with Crippen LogP contribution in [0.5, 0.6) is 0 Å². The van der Waals surface area contributed by atoms with E-state index >= 15 is 0 Å². The van der Waals surface area contributed by atoms with Crippen molar-refractivity contribution >= 4 is 17.7 Å². The molecule has 4 nitrogen and oxygen atoms in total. The minimum atomic E-state index is -0.261. The monoisotopic (exact) mass is 311 g/mol. The molecule has 1 fully saturated rings. The summed E-state index contributed by atoms with van der Waals surface area (Å²) in [6.45, 7) is 2.17. The van der Waals surface area contributed by atoms with E-state index in [-0.39, 0.29) is 17.5 Å². The van der Waals surface area contributed by atoms with Gasteiger partial charge in [0.15, 0.2) is 0 Å². The summed E-state index contributed by atoms with van der Waals surface area (Å²) in [5.74, 6) is 0.218. The first-order valence-corrected chi connectivity index (χ1v) is 8.21. The van der Waals surface area contributed by atoms with Crippen LogP contribution in [0.4, 0.5) is 5.69 Å². The number of nitrogens with one attached hydrogen (secondary N) is 1. The van der Waals surface area contributed by atoms with Crippen molar-refractivity contribution in [1.29, 1.82) is 5.26 Å². The van der Waals surface area contributed by atoms with E-state index in [0.717, 1.165) is 30.5 Å². The molecule has 0 radical (unpaired) electrons. The lowest BCUT2D eigenvalue weighted by molar-refractivity contribution is -0.118. The fourth-order valence-electron chi connectivity index (χ4n) is 2.96. The third-order valence-corrected chi connectivity index (χ3v) is 4.51. The van der Waals surface area contributed by atoms with Gasteiger partial charge in [0.05, 0.1) is 0 Å². The summed E-state index contributed by atoms with van der Waals surface area (Å²) in [6, 6.07) is 10.0. The number of hydrogen-bond donors (Lipinski definition) is 1. The summed E-state index contributed by atoms with van der Waals surface area (Å²) < 4.78 is 0. The van der Waals surface area contributed by atoms with Gasteiger partial charge in [0.2, 0.25) is 0 Å². The molecule has 1 aromatic rings. The van der Waals surface area contributed by atoms with Gasteiger partial charge in [-0.25, -0.2) is 0 Å². The Bertz CT molecular complexity index is 610. The highest BCUT2D eigenvalue weighted by molar-refractivity contribution is 6.01. The van der Waals surface area contributed by atoms with E-state index in [4.69, 9.17) is 0 Å². The Kier molecular flexibility index (Phi) is 5.81. The van der Waals surface area contributed by atoms with Crippen LogP contribution in [0.1, 0.15) is 38.2 Å². The van der Waals surface area contributed by atoms with Crippen LogP contribution in [0.3, 0.4) is 0 Å². The third kappa shape index (κ3) is 4.59. The molecular weight excluding hydrogens is 286 g/mol. The maximum Gasteiger partial charge on any atom is 0.262 e. The van der Waals surface area contributed by atoms with Gasteiger partial charge in [0, 0.05) is 25.8 Å². The van der Waals surface area contributed by atoms with Crippen molar-refractivity contribution in [3.05, 3.63) is 35.4 Å². The molecule has 23 heavy (non-hydrogen) atoms. The molecule has 0 spiro atoms. The van der Waals surface area contributed by atoms with Gasteiger partial charge in [-0.1, -0.05) is 31.9 Å². The molecule has 1 N–H and O–H groups in total. The number of rotatable bonds is 4. The molecule has 1 amide bonds. The standard InChI is InChI=1S/C19H25N3O/c1-14-6-4-5-7-18(14)21-19(23)16(13-20)12-15-8-10-17(11-9-15)22(2)3/h8-12,14,18H,4-7H2,1-3H3,(H,21,23)/b16-12-/t14-,18+/m0/s1. The van der Waals surface area contributed by atoms with Gasteiger partial charge in [0.1, 0.15) is 11.6 Å². The zero-order valence-electron chi connectivity index (χ0n) is 14.2. The average Bonchev–Trinajstić information content (AvgIpc) is 2.55. The van der Waals surface area contributed by atoms with E-state index in [2.05, 4.69) is 12.2 Å². The lowest BCUT2D eigenvalue weighted by atomic mass is 9.86. The zero-order valence-corrected chi connectivity index (χ0v) is 14.2. The highest BCUT2D eigenvalue weighted by Gasteiger charge is 2.23. The molecule has 1 aliphatic carbocycles. The zero-order chi connectivity index (χ0) is 16.8. The average molecular weight is 311 g/mol. The molecule has 0 heterocycles. The van der Waals surface area contributed by atoms with Crippen molar-refractivity contribution in [2.24, 2.45) is 5.92 Å². The molecule has 0 aliphatic heterocycles. The van der Waals surface area contributed by atoms with Gasteiger partial charge >= 0.3 is 0 Å². The molecule has 1 aromatic carbocycles. The molecule has 2 rings (SSSR count). The third-order valence-electron chi connectivity index (χ3n) is 4.51. The maximum absolute atomic E-state index is 12.4. The maximum atomic E-state index is 12.4. The van der Waals surface area contributed by atoms with Crippen LogP contribution in [-0.2, 0) is 4.79 Å². The molecule has 0 aromatic heterocycles. The lowest BCUT2D eigenvalue weighted by Gasteiger charge is -2.29. The van der Waals surface area contributed by atoms with Gasteiger partial charge in [-0.2, -0.15) is 5.26 Å². The molecule has 0 saturated heterocycles. The van der Waals surface area contributed by atoms with E-state index in [0.29, 0.717) is 5.92 Å². The second kappa shape index (κ2) is 7.82. The van der Waals surface area contributed by atoms with Crippen LogP contribution in [0.25, 0.3) is 6.08 Å². The van der Waals surface area contributed by atoms with Crippen molar-refractivity contribution in [2.45, 2.75) is 38.6 Å². The summed E-state index contributed by atoms with van der Waals surface area (Å²) in [7, 11) is 3.95. The van der Waals surface area contributed by atoms with Crippen molar-refractivity contribution < 1.29 is 4.79 Å². The first kappa shape index (κ1) is 17.1. The van der Waals surface area contributed by atoms with Crippen molar-refractivity contribution in [3.63, 3.8) is 0 Å². The highest BCUT2D eigenvalue weighted by Crippen LogP contribution is 2.24. The minimum Gasteiger partial charge on any atom is -0.378 e. The Morgan fingerprint density at radius 3 is 2.48 bits per heavy atom. The van der Waals surface area contributed by atoms with Crippen molar-refractivity contribution in [1.82, 2.24) is 5.32 Å². The van der Waals surface area contributed by atoms with E-state index in [1.165, 1.54) is 6.42 Å². The van der Waals surface area contributed by atoms with Gasteiger partial charge in [-0.05, 0) is 42.5 Å². The molecular formula is C19H25N3O. The molecule has 1 aliphatic rings. The number of amides is 1. The van der Waals surface area contributed by atoms with Crippen LogP contribution < -0.4 is 10.2 Å². The van der Waals surface area contributed by atoms with Crippen molar-refractivity contribution in [3.8, 4) is 6.07 Å². The summed E-state index contributed by atoms with van der Waals surface area (Å²) in [5, 5.41) is 12.3. The molecule has 122 valence electrons. The summed E-state index contributed by atoms with van der Waals surface area (Å²) in [4.78, 5) is 14.4. The Labute approximate surface area is 138 Å². The lowest BCUT2D eigenvalue weighted by Crippen LogP contribution is -2.41. The van der Waals surface area contributed by atoms with E-state index < -0.39 is 0 Å². The fourth-order valence-corrected chi connectivity index (χ4v) is 2.96. The summed E-state index contributed by atoms with van der Waals surface area (Å²) in [5.41, 5.74) is 2.11. The van der Waals surface area contributed by atoms with Crippen molar-refractivity contribution in [2.75, 3.05) is 19.0 Å². The van der Waals surface area contributed by atoms with Crippen LogP contribution >= 0.6 is 0 Å². The minimum absolute atomic E-state index is 0.167. The second-order valence-corrected chi connectivity index (χ2v) is 6.50. The number of anilines is 1. The smallest absolute Gasteiger partial charge is 0.262 e. The number of hydrogen-bond acceptors (Lipinski definition) is 3. The number of nitriles is 1. The number of benzene rings is 1. The molecule has 1 saturated carbocycles. The summed E-state index contributed by atoms with van der Waals surface area (Å²) >= 11 is 0. The van der Waals surface area contributed by atoms with Crippen LogP contribution in [0.2, 0.25) is 0 Å². The van der Waals surface area contributed by atoms with Gasteiger partial charge < -0.3 is 10.2 Å². The number of nitrogens with zero attached hydrogens (tertiary/aromatic N) is 2. The molecule has 0 unspecified atom stereocenters. The predicted molar refractivity (Wildman–Crippen MR) is 93.9 cm³/mol. The SMILES string of the molecule is C[C@H]1CCCC[C@H]1NC(=O)/C(C#N)=C\c1ccc(N(C)C)cc1. The van der Waals surface area contributed by atoms with Crippen LogP contribution in [0, 0.1) is 17.2 Å². The predicted octanol–water partition coefficient (Wildman–Crippen LogP) is 3.35. The Morgan fingerprint density at radius 2 is 1.91 bits per heavy atom. The summed E-state index contributed by atoms with van der Waals surface area (Å²) in [6.07, 6.45) is 6.17. The fraction of sp³-hybridized carbons (Fsp3) is 0.474. The highest BCUT2D eigenvalue weighted by atomic mass is 16.1. The molecule has 4 heteroatoms. The Morgan fingerprint density at radius 1 is 1.26 bits per heavy atom. The molecule has 2 atom stereocenters. The topological polar surface area (TPSA) is 56.1 Å². The number of carbonyl (C=O) groups excluding carboxylic acids is 1. The molecule has 0 bridgehead atoms. The van der Waals surface area contributed by atoms with Gasteiger partial charge in [-0.15, -0.1) is 0 Å². The van der Waals surface area contributed by atoms with Gasteiger partial charge in [0.25, 0.3) is 5.91 Å². The Hall–Kier alpha value is -2.28. The largest absolute Gasteiger partial charge is 0.378 e.